The lowest BCUT2D eigenvalue weighted by molar-refractivity contribution is -0.109. The Morgan fingerprint density at radius 1 is 1.20 bits per heavy atom. The van der Waals surface area contributed by atoms with Crippen LogP contribution in [-0.2, 0) is 4.79 Å². The van der Waals surface area contributed by atoms with Crippen molar-refractivity contribution in [1.82, 2.24) is 9.80 Å². The van der Waals surface area contributed by atoms with Gasteiger partial charge in [-0.25, -0.2) is 0 Å². The molecule has 0 aromatic carbocycles. The quantitative estimate of drug-likeness (QED) is 0.410. The molecule has 0 bridgehead atoms. The molecular weight excluding hydrogens is 128 g/mol. The first-order chi connectivity index (χ1) is 4.59. The number of hydrogen-bond acceptors (Lipinski definition) is 3. The van der Waals surface area contributed by atoms with E-state index in [9.17, 15) is 4.79 Å². The number of rotatable bonds is 4. The Morgan fingerprint density at radius 2 is 1.60 bits per heavy atom. The smallest absolute Gasteiger partial charge is 0.122 e. The third-order valence-corrected chi connectivity index (χ3v) is 1.50. The van der Waals surface area contributed by atoms with Crippen molar-refractivity contribution >= 4 is 6.29 Å². The normalized spacial score (nSPS) is 11.5. The van der Waals surface area contributed by atoms with Crippen LogP contribution in [0.3, 0.4) is 0 Å². The van der Waals surface area contributed by atoms with Gasteiger partial charge in [0.15, 0.2) is 0 Å². The highest BCUT2D eigenvalue weighted by molar-refractivity contribution is 5.50. The summed E-state index contributed by atoms with van der Waals surface area (Å²) in [5, 5.41) is 0. The Balaban J connectivity index is 3.84. The van der Waals surface area contributed by atoms with Crippen molar-refractivity contribution in [1.29, 1.82) is 0 Å². The zero-order valence-corrected chi connectivity index (χ0v) is 7.16. The molecule has 0 spiro atoms. The molecule has 0 aliphatic carbocycles. The number of carbonyl (C=O) groups excluding carboxylic acids is 1. The van der Waals surface area contributed by atoms with Gasteiger partial charge < -0.3 is 4.79 Å². The molecule has 60 valence electrons. The van der Waals surface area contributed by atoms with Crippen LogP contribution in [0.15, 0.2) is 0 Å². The fraction of sp³-hybridized carbons (Fsp3) is 0.857. The third-order valence-electron chi connectivity index (χ3n) is 1.50. The Hall–Kier alpha value is -0.410. The largest absolute Gasteiger partial charge is 0.303 e. The second-order valence-electron chi connectivity index (χ2n) is 2.81. The van der Waals surface area contributed by atoms with Crippen LogP contribution in [0.25, 0.3) is 0 Å². The molecule has 0 aromatic rings. The Bertz CT molecular complexity index is 93.8. The van der Waals surface area contributed by atoms with E-state index in [1.807, 2.05) is 38.0 Å². The van der Waals surface area contributed by atoms with Crippen molar-refractivity contribution in [3.8, 4) is 0 Å². The summed E-state index contributed by atoms with van der Waals surface area (Å²) in [6.45, 7) is 0. The molecule has 0 N–H and O–H groups in total. The highest BCUT2D eigenvalue weighted by Crippen LogP contribution is 1.99. The molecule has 10 heavy (non-hydrogen) atoms. The van der Waals surface area contributed by atoms with Crippen LogP contribution >= 0.6 is 0 Å². The molecule has 0 unspecified atom stereocenters. The first-order valence-electron chi connectivity index (χ1n) is 3.36. The van der Waals surface area contributed by atoms with Crippen LogP contribution in [0.1, 0.15) is 6.42 Å². The zero-order valence-electron chi connectivity index (χ0n) is 7.16. The van der Waals surface area contributed by atoms with E-state index in [1.54, 1.807) is 0 Å². The predicted molar refractivity (Wildman–Crippen MR) is 41.8 cm³/mol. The van der Waals surface area contributed by atoms with Gasteiger partial charge in [0.25, 0.3) is 0 Å². The molecule has 3 heteroatoms. The van der Waals surface area contributed by atoms with Gasteiger partial charge in [0.05, 0.1) is 6.17 Å². The van der Waals surface area contributed by atoms with E-state index in [-0.39, 0.29) is 6.17 Å². The first kappa shape index (κ1) is 9.59. The molecule has 0 saturated heterocycles. The maximum atomic E-state index is 10.2. The molecule has 0 aromatic heterocycles. The summed E-state index contributed by atoms with van der Waals surface area (Å²) in [7, 11) is 7.87. The van der Waals surface area contributed by atoms with Crippen molar-refractivity contribution in [2.45, 2.75) is 12.6 Å². The Kier molecular flexibility index (Phi) is 4.23. The van der Waals surface area contributed by atoms with E-state index < -0.39 is 0 Å². The first-order valence-corrected chi connectivity index (χ1v) is 3.36. The summed E-state index contributed by atoms with van der Waals surface area (Å²) >= 11 is 0. The molecule has 0 heterocycles. The molecule has 0 aliphatic heterocycles. The lowest BCUT2D eigenvalue weighted by atomic mass is 10.3. The van der Waals surface area contributed by atoms with E-state index in [2.05, 4.69) is 0 Å². The van der Waals surface area contributed by atoms with Crippen molar-refractivity contribution in [3.05, 3.63) is 0 Å². The second-order valence-corrected chi connectivity index (χ2v) is 2.81. The summed E-state index contributed by atoms with van der Waals surface area (Å²) in [5.41, 5.74) is 0. The molecule has 0 aliphatic rings. The molecule has 0 saturated carbocycles. The molecule has 0 radical (unpaired) electrons. The van der Waals surface area contributed by atoms with E-state index in [0.29, 0.717) is 6.42 Å². The average Bonchev–Trinajstić information content (AvgIpc) is 1.81. The minimum atomic E-state index is 0.234. The van der Waals surface area contributed by atoms with E-state index in [1.165, 1.54) is 0 Å². The Morgan fingerprint density at radius 3 is 1.70 bits per heavy atom. The fourth-order valence-corrected chi connectivity index (χ4v) is 0.970. The SMILES string of the molecule is CN(C)C(CC=O)N(C)C. The van der Waals surface area contributed by atoms with E-state index in [0.717, 1.165) is 6.29 Å². The van der Waals surface area contributed by atoms with Gasteiger partial charge in [-0.05, 0) is 28.2 Å². The highest BCUT2D eigenvalue weighted by Gasteiger charge is 2.11. The minimum absolute atomic E-state index is 0.234. The van der Waals surface area contributed by atoms with Gasteiger partial charge in [0.2, 0.25) is 0 Å². The monoisotopic (exact) mass is 144 g/mol. The summed E-state index contributed by atoms with van der Waals surface area (Å²) < 4.78 is 0. The average molecular weight is 144 g/mol. The summed E-state index contributed by atoms with van der Waals surface area (Å²) in [5.74, 6) is 0. The maximum Gasteiger partial charge on any atom is 0.122 e. The van der Waals surface area contributed by atoms with Crippen molar-refractivity contribution in [2.75, 3.05) is 28.2 Å². The van der Waals surface area contributed by atoms with Gasteiger partial charge in [-0.1, -0.05) is 0 Å². The molecule has 0 atom stereocenters. The number of aldehydes is 1. The standard InChI is InChI=1S/C7H16N2O/c1-8(2)7(5-6-10)9(3)4/h6-7H,5H2,1-4H3. The Labute approximate surface area is 62.6 Å². The number of hydrogen-bond donors (Lipinski definition) is 0. The van der Waals surface area contributed by atoms with Gasteiger partial charge in [0.1, 0.15) is 6.29 Å². The topological polar surface area (TPSA) is 23.6 Å². The molecule has 0 rings (SSSR count). The molecule has 0 fully saturated rings. The summed E-state index contributed by atoms with van der Waals surface area (Å²) in [6.07, 6.45) is 1.75. The summed E-state index contributed by atoms with van der Waals surface area (Å²) in [6, 6.07) is 0. The molecule has 0 amide bonds. The van der Waals surface area contributed by atoms with Crippen LogP contribution in [0.4, 0.5) is 0 Å². The van der Waals surface area contributed by atoms with Crippen LogP contribution in [0.2, 0.25) is 0 Å². The van der Waals surface area contributed by atoms with Gasteiger partial charge in [-0.3, -0.25) is 9.80 Å². The van der Waals surface area contributed by atoms with Crippen LogP contribution < -0.4 is 0 Å². The van der Waals surface area contributed by atoms with E-state index >= 15 is 0 Å². The molecule has 3 nitrogen and oxygen atoms in total. The number of carbonyl (C=O) groups is 1. The maximum absolute atomic E-state index is 10.2. The minimum Gasteiger partial charge on any atom is -0.303 e. The van der Waals surface area contributed by atoms with Gasteiger partial charge >= 0.3 is 0 Å². The van der Waals surface area contributed by atoms with Crippen molar-refractivity contribution in [2.24, 2.45) is 0 Å². The van der Waals surface area contributed by atoms with E-state index in [4.69, 9.17) is 0 Å². The lowest BCUT2D eigenvalue weighted by Gasteiger charge is -2.28. The number of nitrogens with zero attached hydrogens (tertiary/aromatic N) is 2. The van der Waals surface area contributed by atoms with Crippen LogP contribution in [0, 0.1) is 0 Å². The van der Waals surface area contributed by atoms with Gasteiger partial charge in [-0.2, -0.15) is 0 Å². The fourth-order valence-electron chi connectivity index (χ4n) is 0.970. The van der Waals surface area contributed by atoms with Crippen LogP contribution in [0.5, 0.6) is 0 Å². The van der Waals surface area contributed by atoms with Gasteiger partial charge in [-0.15, -0.1) is 0 Å². The third kappa shape index (κ3) is 2.94. The highest BCUT2D eigenvalue weighted by atomic mass is 16.1. The second kappa shape index (κ2) is 4.41. The lowest BCUT2D eigenvalue weighted by Crippen LogP contribution is -2.40. The van der Waals surface area contributed by atoms with Crippen molar-refractivity contribution < 1.29 is 4.79 Å². The predicted octanol–water partition coefficient (Wildman–Crippen LogP) is 0.0247. The van der Waals surface area contributed by atoms with Crippen molar-refractivity contribution in [3.63, 3.8) is 0 Å². The van der Waals surface area contributed by atoms with Gasteiger partial charge in [0, 0.05) is 6.42 Å². The molecular formula is C7H16N2O. The zero-order chi connectivity index (χ0) is 8.15. The summed E-state index contributed by atoms with van der Waals surface area (Å²) in [4.78, 5) is 14.2. The van der Waals surface area contributed by atoms with Crippen LogP contribution in [-0.4, -0.2) is 50.4 Å².